The third kappa shape index (κ3) is 4.25. The predicted molar refractivity (Wildman–Crippen MR) is 65.8 cm³/mol. The first-order valence-corrected chi connectivity index (χ1v) is 7.72. The van der Waals surface area contributed by atoms with E-state index < -0.39 is 15.4 Å². The zero-order valence-corrected chi connectivity index (χ0v) is 11.0. The summed E-state index contributed by atoms with van der Waals surface area (Å²) in [5, 5.41) is 2.74. The summed E-state index contributed by atoms with van der Waals surface area (Å²) in [5.74, 6) is -0.0483. The molecular formula is C10H21N3O3S. The molecule has 1 aliphatic carbocycles. The smallest absolute Gasteiger partial charge is 0.227 e. The fourth-order valence-corrected chi connectivity index (χ4v) is 2.65. The molecule has 0 aromatic carbocycles. The molecule has 0 spiro atoms. The van der Waals surface area contributed by atoms with Crippen molar-refractivity contribution in [1.29, 1.82) is 0 Å². The highest BCUT2D eigenvalue weighted by atomic mass is 32.2. The monoisotopic (exact) mass is 263 g/mol. The lowest BCUT2D eigenvalue weighted by molar-refractivity contribution is -0.130. The van der Waals surface area contributed by atoms with Gasteiger partial charge in [0, 0.05) is 19.6 Å². The number of amides is 1. The van der Waals surface area contributed by atoms with Crippen LogP contribution in [0.5, 0.6) is 0 Å². The van der Waals surface area contributed by atoms with Gasteiger partial charge in [-0.3, -0.25) is 4.79 Å². The highest BCUT2D eigenvalue weighted by Gasteiger charge is 2.39. The Labute approximate surface area is 102 Å². The van der Waals surface area contributed by atoms with Gasteiger partial charge in [-0.15, -0.1) is 0 Å². The molecule has 1 aliphatic rings. The Morgan fingerprint density at radius 3 is 2.35 bits per heavy atom. The highest BCUT2D eigenvalue weighted by Crippen LogP contribution is 2.37. The summed E-state index contributed by atoms with van der Waals surface area (Å²) in [4.78, 5) is 12.0. The van der Waals surface area contributed by atoms with E-state index in [-0.39, 0.29) is 12.5 Å². The summed E-state index contributed by atoms with van der Waals surface area (Å²) in [6, 6.07) is 0. The maximum atomic E-state index is 12.0. The van der Waals surface area contributed by atoms with E-state index in [1.165, 1.54) is 0 Å². The lowest BCUT2D eigenvalue weighted by Crippen LogP contribution is -2.46. The molecule has 0 aliphatic heterocycles. The average molecular weight is 263 g/mol. The third-order valence-electron chi connectivity index (χ3n) is 3.21. The van der Waals surface area contributed by atoms with Crippen molar-refractivity contribution in [3.63, 3.8) is 0 Å². The van der Waals surface area contributed by atoms with Crippen molar-refractivity contribution in [2.75, 3.05) is 25.9 Å². The largest absolute Gasteiger partial charge is 0.354 e. The summed E-state index contributed by atoms with van der Waals surface area (Å²) in [5.41, 5.74) is 5.25. The van der Waals surface area contributed by atoms with E-state index in [9.17, 15) is 13.2 Å². The molecule has 4 N–H and O–H groups in total. The number of rotatable bonds is 6. The molecule has 6 nitrogen and oxygen atoms in total. The maximum absolute atomic E-state index is 12.0. The van der Waals surface area contributed by atoms with Crippen LogP contribution in [0.4, 0.5) is 0 Å². The first kappa shape index (κ1) is 14.4. The van der Waals surface area contributed by atoms with Crippen LogP contribution in [0.1, 0.15) is 25.7 Å². The van der Waals surface area contributed by atoms with Crippen molar-refractivity contribution in [2.45, 2.75) is 25.7 Å². The second-order valence-corrected chi connectivity index (χ2v) is 6.45. The number of nitrogens with one attached hydrogen (secondary N) is 2. The van der Waals surface area contributed by atoms with Crippen LogP contribution in [0, 0.1) is 5.41 Å². The van der Waals surface area contributed by atoms with Crippen LogP contribution < -0.4 is 15.8 Å². The van der Waals surface area contributed by atoms with Gasteiger partial charge in [0.05, 0.1) is 11.7 Å². The number of carbonyl (C=O) groups is 1. The van der Waals surface area contributed by atoms with Gasteiger partial charge in [-0.05, 0) is 12.8 Å². The summed E-state index contributed by atoms with van der Waals surface area (Å²) in [7, 11) is -3.19. The topological polar surface area (TPSA) is 101 Å². The van der Waals surface area contributed by atoms with Crippen LogP contribution in [-0.4, -0.2) is 40.2 Å². The molecule has 0 saturated heterocycles. The molecule has 0 unspecified atom stereocenters. The third-order valence-corrected chi connectivity index (χ3v) is 3.94. The lowest BCUT2D eigenvalue weighted by atomic mass is 9.85. The molecule has 0 heterocycles. The molecule has 1 fully saturated rings. The second kappa shape index (κ2) is 5.79. The molecule has 0 radical (unpaired) electrons. The van der Waals surface area contributed by atoms with Crippen LogP contribution in [-0.2, 0) is 14.8 Å². The molecule has 1 saturated carbocycles. The lowest BCUT2D eigenvalue weighted by Gasteiger charge is -2.25. The Bertz CT molecular complexity index is 361. The predicted octanol–water partition coefficient (Wildman–Crippen LogP) is -0.829. The average Bonchev–Trinajstić information content (AvgIpc) is 2.72. The van der Waals surface area contributed by atoms with Crippen molar-refractivity contribution in [1.82, 2.24) is 10.0 Å². The zero-order valence-electron chi connectivity index (χ0n) is 10.2. The molecule has 7 heteroatoms. The second-order valence-electron chi connectivity index (χ2n) is 4.61. The van der Waals surface area contributed by atoms with Gasteiger partial charge >= 0.3 is 0 Å². The molecule has 1 amide bonds. The van der Waals surface area contributed by atoms with E-state index in [1.54, 1.807) is 0 Å². The Morgan fingerprint density at radius 1 is 1.29 bits per heavy atom. The van der Waals surface area contributed by atoms with Crippen molar-refractivity contribution in [2.24, 2.45) is 11.1 Å². The summed E-state index contributed by atoms with van der Waals surface area (Å²) < 4.78 is 23.9. The molecule has 0 atom stereocenters. The van der Waals surface area contributed by atoms with Crippen LogP contribution in [0.15, 0.2) is 0 Å². The van der Waals surface area contributed by atoms with E-state index in [1.807, 2.05) is 0 Å². The first-order valence-electron chi connectivity index (χ1n) is 5.83. The normalized spacial score (nSPS) is 19.2. The Morgan fingerprint density at radius 2 is 1.88 bits per heavy atom. The molecule has 0 aromatic rings. The minimum atomic E-state index is -3.19. The molecule has 1 rings (SSSR count). The maximum Gasteiger partial charge on any atom is 0.227 e. The van der Waals surface area contributed by atoms with Gasteiger partial charge in [-0.2, -0.15) is 0 Å². The van der Waals surface area contributed by atoms with E-state index in [0.29, 0.717) is 13.1 Å². The SMILES string of the molecule is CS(=O)(=O)NCCNC(=O)C1(CN)CCCC1. The van der Waals surface area contributed by atoms with E-state index in [4.69, 9.17) is 5.73 Å². The van der Waals surface area contributed by atoms with Crippen LogP contribution in [0.3, 0.4) is 0 Å². The van der Waals surface area contributed by atoms with Crippen molar-refractivity contribution < 1.29 is 13.2 Å². The van der Waals surface area contributed by atoms with Crippen LogP contribution >= 0.6 is 0 Å². The molecular weight excluding hydrogens is 242 g/mol. The summed E-state index contributed by atoms with van der Waals surface area (Å²) >= 11 is 0. The van der Waals surface area contributed by atoms with E-state index in [0.717, 1.165) is 31.9 Å². The summed E-state index contributed by atoms with van der Waals surface area (Å²) in [6.45, 7) is 0.872. The van der Waals surface area contributed by atoms with Gasteiger partial charge in [0.1, 0.15) is 0 Å². The number of hydrogen-bond acceptors (Lipinski definition) is 4. The summed E-state index contributed by atoms with van der Waals surface area (Å²) in [6.07, 6.45) is 4.81. The molecule has 100 valence electrons. The van der Waals surface area contributed by atoms with Gasteiger partial charge in [-0.25, -0.2) is 13.1 Å². The fourth-order valence-electron chi connectivity index (χ4n) is 2.18. The van der Waals surface area contributed by atoms with Crippen molar-refractivity contribution in [3.05, 3.63) is 0 Å². The van der Waals surface area contributed by atoms with Gasteiger partial charge in [-0.1, -0.05) is 12.8 Å². The van der Waals surface area contributed by atoms with Gasteiger partial charge < -0.3 is 11.1 Å². The first-order chi connectivity index (χ1) is 7.90. The molecule has 0 aromatic heterocycles. The van der Waals surface area contributed by atoms with Crippen molar-refractivity contribution in [3.8, 4) is 0 Å². The minimum absolute atomic E-state index is 0.0483. The number of carbonyl (C=O) groups excluding carboxylic acids is 1. The quantitative estimate of drug-likeness (QED) is 0.544. The van der Waals surface area contributed by atoms with E-state index >= 15 is 0 Å². The van der Waals surface area contributed by atoms with Gasteiger partial charge in [0.25, 0.3) is 0 Å². The molecule has 0 bridgehead atoms. The van der Waals surface area contributed by atoms with Crippen molar-refractivity contribution >= 4 is 15.9 Å². The number of sulfonamides is 1. The Balaban J connectivity index is 2.34. The minimum Gasteiger partial charge on any atom is -0.354 e. The van der Waals surface area contributed by atoms with Crippen LogP contribution in [0.2, 0.25) is 0 Å². The highest BCUT2D eigenvalue weighted by molar-refractivity contribution is 7.88. The number of hydrogen-bond donors (Lipinski definition) is 3. The van der Waals surface area contributed by atoms with Crippen LogP contribution in [0.25, 0.3) is 0 Å². The Kier molecular flexibility index (Phi) is 4.91. The van der Waals surface area contributed by atoms with E-state index in [2.05, 4.69) is 10.0 Å². The van der Waals surface area contributed by atoms with Gasteiger partial charge in [0.15, 0.2) is 0 Å². The fraction of sp³-hybridized carbons (Fsp3) is 0.900. The Hall–Kier alpha value is -0.660. The number of nitrogens with two attached hydrogens (primary N) is 1. The van der Waals surface area contributed by atoms with Gasteiger partial charge in [0.2, 0.25) is 15.9 Å². The standard InChI is InChI=1S/C10H21N3O3S/c1-17(15,16)13-7-6-12-9(14)10(8-11)4-2-3-5-10/h13H,2-8,11H2,1H3,(H,12,14). The molecule has 17 heavy (non-hydrogen) atoms. The zero-order chi connectivity index (χ0) is 12.9.